The predicted octanol–water partition coefficient (Wildman–Crippen LogP) is 3.41. The van der Waals surface area contributed by atoms with Gasteiger partial charge in [0.1, 0.15) is 5.75 Å². The Morgan fingerprint density at radius 1 is 1.05 bits per heavy atom. The average molecular weight is 310 g/mol. The molecule has 0 fully saturated rings. The summed E-state index contributed by atoms with van der Waals surface area (Å²) >= 11 is 0. The van der Waals surface area contributed by atoms with Crippen molar-refractivity contribution in [3.63, 3.8) is 0 Å². The van der Waals surface area contributed by atoms with Crippen molar-refractivity contribution in [2.24, 2.45) is 0 Å². The molecule has 1 aromatic carbocycles. The zero-order valence-electron chi connectivity index (χ0n) is 11.4. The van der Waals surface area contributed by atoms with E-state index in [2.05, 4.69) is 6.92 Å². The number of hydrogen-bond donors (Lipinski definition) is 2. The first-order chi connectivity index (χ1) is 9.03. The molecule has 0 amide bonds. The molecule has 0 unspecified atom stereocenters. The molecule has 0 radical (unpaired) electrons. The monoisotopic (exact) mass is 310 g/mol. The molecule has 4 nitrogen and oxygen atoms in total. The van der Waals surface area contributed by atoms with Gasteiger partial charge in [0.15, 0.2) is 0 Å². The van der Waals surface area contributed by atoms with Crippen LogP contribution >= 0.6 is 7.82 Å². The number of aryl methyl sites for hydroxylation is 1. The number of benzene rings is 1. The Balaban J connectivity index is 0.00000361. The van der Waals surface area contributed by atoms with Crippen molar-refractivity contribution in [1.29, 1.82) is 0 Å². The number of hydrogen-bond acceptors (Lipinski definition) is 2. The van der Waals surface area contributed by atoms with Gasteiger partial charge in [0.05, 0.1) is 0 Å². The molecule has 0 aromatic heterocycles. The van der Waals surface area contributed by atoms with Crippen LogP contribution in [-0.4, -0.2) is 39.3 Å². The number of unbranched alkanes of at least 4 members (excludes halogenated alkanes) is 5. The molecule has 0 heterocycles. The SMILES string of the molecule is CCCCCCCCc1ccccc1OP(=O)(O)O.[NaH]. The second kappa shape index (κ2) is 10.8. The first-order valence-electron chi connectivity index (χ1n) is 6.86. The summed E-state index contributed by atoms with van der Waals surface area (Å²) in [7, 11) is -4.47. The van der Waals surface area contributed by atoms with Gasteiger partial charge in [-0.05, 0) is 24.5 Å². The van der Waals surface area contributed by atoms with Gasteiger partial charge in [-0.25, -0.2) is 4.57 Å². The summed E-state index contributed by atoms with van der Waals surface area (Å²) in [5.74, 6) is 0.296. The van der Waals surface area contributed by atoms with E-state index in [1.54, 1.807) is 12.1 Å². The van der Waals surface area contributed by atoms with Crippen molar-refractivity contribution < 1.29 is 18.9 Å². The molecule has 1 aromatic rings. The van der Waals surface area contributed by atoms with E-state index in [1.807, 2.05) is 12.1 Å². The molecule has 0 saturated heterocycles. The molecule has 1 rings (SSSR count). The van der Waals surface area contributed by atoms with Gasteiger partial charge in [0.2, 0.25) is 0 Å². The summed E-state index contributed by atoms with van der Waals surface area (Å²) in [4.78, 5) is 17.7. The number of rotatable bonds is 9. The zero-order chi connectivity index (χ0) is 14.1. The van der Waals surface area contributed by atoms with Crippen molar-refractivity contribution in [2.45, 2.75) is 51.9 Å². The number of phosphoric ester groups is 1. The second-order valence-corrected chi connectivity index (χ2v) is 5.87. The number of phosphoric acid groups is 1. The third kappa shape index (κ3) is 9.17. The quantitative estimate of drug-likeness (QED) is 0.417. The van der Waals surface area contributed by atoms with Crippen molar-refractivity contribution in [2.75, 3.05) is 0 Å². The third-order valence-corrected chi connectivity index (χ3v) is 3.42. The fourth-order valence-corrected chi connectivity index (χ4v) is 2.46. The van der Waals surface area contributed by atoms with Crippen LogP contribution in [0.3, 0.4) is 0 Å². The molecule has 0 atom stereocenters. The summed E-state index contributed by atoms with van der Waals surface area (Å²) < 4.78 is 15.6. The molecule has 0 aliphatic rings. The molecular weight excluding hydrogens is 286 g/mol. The third-order valence-electron chi connectivity index (χ3n) is 2.99. The van der Waals surface area contributed by atoms with Crippen LogP contribution in [0.1, 0.15) is 51.0 Å². The normalized spacial score (nSPS) is 10.9. The maximum atomic E-state index is 10.9. The van der Waals surface area contributed by atoms with E-state index in [0.29, 0.717) is 5.75 Å². The van der Waals surface area contributed by atoms with E-state index in [1.165, 1.54) is 25.7 Å². The molecule has 0 aliphatic carbocycles. The minimum absolute atomic E-state index is 0. The van der Waals surface area contributed by atoms with Crippen LogP contribution in [0.2, 0.25) is 0 Å². The Bertz CT molecular complexity index is 419. The summed E-state index contributed by atoms with van der Waals surface area (Å²) in [6, 6.07) is 7.04. The van der Waals surface area contributed by atoms with Gasteiger partial charge >= 0.3 is 37.4 Å². The van der Waals surface area contributed by atoms with Crippen molar-refractivity contribution in [1.82, 2.24) is 0 Å². The summed E-state index contributed by atoms with van der Waals surface area (Å²) in [5.41, 5.74) is 0.862. The van der Waals surface area contributed by atoms with E-state index < -0.39 is 7.82 Å². The molecule has 6 heteroatoms. The van der Waals surface area contributed by atoms with Crippen LogP contribution in [0.15, 0.2) is 24.3 Å². The van der Waals surface area contributed by atoms with Gasteiger partial charge < -0.3 is 4.52 Å². The van der Waals surface area contributed by atoms with E-state index in [0.717, 1.165) is 24.8 Å². The first kappa shape index (κ1) is 20.2. The van der Waals surface area contributed by atoms with Crippen LogP contribution in [0.4, 0.5) is 0 Å². The van der Waals surface area contributed by atoms with Crippen molar-refractivity contribution in [3.05, 3.63) is 29.8 Å². The van der Waals surface area contributed by atoms with Crippen molar-refractivity contribution in [3.8, 4) is 5.75 Å². The Morgan fingerprint density at radius 2 is 1.65 bits per heavy atom. The van der Waals surface area contributed by atoms with Gasteiger partial charge in [0, 0.05) is 0 Å². The standard InChI is InChI=1S/C14H23O4P.Na.H/c1-2-3-4-5-6-7-10-13-11-8-9-12-14(13)18-19(15,16)17;;/h8-9,11-12H,2-7,10H2,1H3,(H2,15,16,17);;. The van der Waals surface area contributed by atoms with Gasteiger partial charge in [-0.1, -0.05) is 57.2 Å². The summed E-state index contributed by atoms with van der Waals surface area (Å²) in [6.45, 7) is 2.19. The molecule has 0 spiro atoms. The average Bonchev–Trinajstić information content (AvgIpc) is 2.33. The molecule has 0 saturated carbocycles. The van der Waals surface area contributed by atoms with Gasteiger partial charge in [-0.15, -0.1) is 0 Å². The Morgan fingerprint density at radius 3 is 2.30 bits per heavy atom. The van der Waals surface area contributed by atoms with Gasteiger partial charge in [-0.3, -0.25) is 9.79 Å². The summed E-state index contributed by atoms with van der Waals surface area (Å²) in [6.07, 6.45) is 7.95. The second-order valence-electron chi connectivity index (χ2n) is 4.71. The Labute approximate surface area is 143 Å². The van der Waals surface area contributed by atoms with E-state index in [4.69, 9.17) is 14.3 Å². The molecule has 20 heavy (non-hydrogen) atoms. The first-order valence-corrected chi connectivity index (χ1v) is 8.39. The van der Waals surface area contributed by atoms with Crippen molar-refractivity contribution >= 4 is 37.4 Å². The van der Waals surface area contributed by atoms with Gasteiger partial charge in [0.25, 0.3) is 0 Å². The molecule has 110 valence electrons. The fraction of sp³-hybridized carbons (Fsp3) is 0.571. The molecule has 0 bridgehead atoms. The minimum atomic E-state index is -4.47. The maximum absolute atomic E-state index is 10.9. The van der Waals surface area contributed by atoms with E-state index in [-0.39, 0.29) is 29.6 Å². The Kier molecular flexibility index (Phi) is 10.9. The molecule has 0 aliphatic heterocycles. The molecular formula is C14H24NaO4P. The predicted molar refractivity (Wildman–Crippen MR) is 83.3 cm³/mol. The van der Waals surface area contributed by atoms with Crippen LogP contribution in [-0.2, 0) is 11.0 Å². The molecule has 2 N–H and O–H groups in total. The van der Waals surface area contributed by atoms with Crippen LogP contribution in [0.25, 0.3) is 0 Å². The summed E-state index contributed by atoms with van der Waals surface area (Å²) in [5, 5.41) is 0. The van der Waals surface area contributed by atoms with Crippen LogP contribution in [0, 0.1) is 0 Å². The van der Waals surface area contributed by atoms with Crippen LogP contribution in [0.5, 0.6) is 5.75 Å². The Hall–Kier alpha value is 0.170. The zero-order valence-corrected chi connectivity index (χ0v) is 12.3. The fourth-order valence-electron chi connectivity index (χ4n) is 2.02. The topological polar surface area (TPSA) is 66.8 Å². The van der Waals surface area contributed by atoms with Gasteiger partial charge in [-0.2, -0.15) is 0 Å². The van der Waals surface area contributed by atoms with Crippen LogP contribution < -0.4 is 4.52 Å². The number of para-hydroxylation sites is 1. The van der Waals surface area contributed by atoms with E-state index >= 15 is 0 Å². The van der Waals surface area contributed by atoms with E-state index in [9.17, 15) is 4.57 Å².